The van der Waals surface area contributed by atoms with Crippen molar-refractivity contribution in [2.24, 2.45) is 0 Å². The summed E-state index contributed by atoms with van der Waals surface area (Å²) in [6, 6.07) is 3.93. The average molecular weight is 262 g/mol. The van der Waals surface area contributed by atoms with E-state index in [2.05, 4.69) is 15.4 Å². The lowest BCUT2D eigenvalue weighted by molar-refractivity contribution is -0.0176. The van der Waals surface area contributed by atoms with Gasteiger partial charge in [0, 0.05) is 25.8 Å². The molecule has 1 saturated heterocycles. The molecule has 0 aliphatic carbocycles. The van der Waals surface area contributed by atoms with Crippen LogP contribution < -0.4 is 5.32 Å². The number of nitrogens with one attached hydrogen (secondary N) is 1. The molecule has 2 atom stereocenters. The lowest BCUT2D eigenvalue weighted by Gasteiger charge is -2.25. The topological polar surface area (TPSA) is 71.7 Å². The maximum atomic E-state index is 10.4. The number of anilines is 1. The molecule has 1 aliphatic heterocycles. The van der Waals surface area contributed by atoms with Gasteiger partial charge >= 0.3 is 0 Å². The van der Waals surface area contributed by atoms with Crippen LogP contribution in [0.25, 0.3) is 5.65 Å². The standard InChI is InChI=1S/C13H18N4O2/c1-9-4-3-6-17-11(9)15-12(16-17)14-8-13(18)5-7-19-10(13)2/h3-4,6,10,18H,5,7-8H2,1-2H3,(H,14,16). The van der Waals surface area contributed by atoms with Gasteiger partial charge in [-0.3, -0.25) is 0 Å². The van der Waals surface area contributed by atoms with Crippen molar-refractivity contribution in [1.29, 1.82) is 0 Å². The molecule has 6 heteroatoms. The van der Waals surface area contributed by atoms with E-state index in [9.17, 15) is 5.11 Å². The molecule has 2 unspecified atom stereocenters. The second kappa shape index (κ2) is 4.47. The smallest absolute Gasteiger partial charge is 0.243 e. The van der Waals surface area contributed by atoms with Crippen LogP contribution in [0, 0.1) is 6.92 Å². The highest BCUT2D eigenvalue weighted by Crippen LogP contribution is 2.25. The Bertz CT molecular complexity index is 597. The Morgan fingerprint density at radius 3 is 3.16 bits per heavy atom. The van der Waals surface area contributed by atoms with E-state index in [-0.39, 0.29) is 6.10 Å². The first-order chi connectivity index (χ1) is 9.08. The largest absolute Gasteiger partial charge is 0.385 e. The number of aliphatic hydroxyl groups is 1. The van der Waals surface area contributed by atoms with Crippen LogP contribution in [0.3, 0.4) is 0 Å². The second-order valence-corrected chi connectivity index (χ2v) is 5.11. The molecule has 0 amide bonds. The van der Waals surface area contributed by atoms with Crippen LogP contribution in [0.2, 0.25) is 0 Å². The van der Waals surface area contributed by atoms with Gasteiger partial charge in [0.1, 0.15) is 5.60 Å². The Kier molecular flexibility index (Phi) is 2.91. The first-order valence-electron chi connectivity index (χ1n) is 6.48. The molecule has 0 bridgehead atoms. The molecular formula is C13H18N4O2. The zero-order chi connectivity index (χ0) is 13.5. The van der Waals surface area contributed by atoms with Gasteiger partial charge in [-0.1, -0.05) is 6.07 Å². The average Bonchev–Trinajstić information content (AvgIpc) is 2.93. The number of aryl methyl sites for hydroxylation is 1. The van der Waals surface area contributed by atoms with Crippen molar-refractivity contribution in [1.82, 2.24) is 14.6 Å². The third-order valence-electron chi connectivity index (χ3n) is 3.77. The zero-order valence-electron chi connectivity index (χ0n) is 11.1. The Morgan fingerprint density at radius 2 is 2.47 bits per heavy atom. The lowest BCUT2D eigenvalue weighted by Crippen LogP contribution is -2.43. The molecule has 19 heavy (non-hydrogen) atoms. The summed E-state index contributed by atoms with van der Waals surface area (Å²) in [4.78, 5) is 4.42. The fourth-order valence-corrected chi connectivity index (χ4v) is 2.35. The van der Waals surface area contributed by atoms with E-state index in [0.29, 0.717) is 25.5 Å². The number of fused-ring (bicyclic) bond motifs is 1. The minimum Gasteiger partial charge on any atom is -0.385 e. The molecule has 0 radical (unpaired) electrons. The van der Waals surface area contributed by atoms with Crippen molar-refractivity contribution in [3.05, 3.63) is 23.9 Å². The quantitative estimate of drug-likeness (QED) is 0.863. The summed E-state index contributed by atoms with van der Waals surface area (Å²) >= 11 is 0. The molecule has 0 aromatic carbocycles. The highest BCUT2D eigenvalue weighted by molar-refractivity contribution is 5.49. The monoisotopic (exact) mass is 262 g/mol. The van der Waals surface area contributed by atoms with Crippen LogP contribution in [0.5, 0.6) is 0 Å². The molecule has 1 fully saturated rings. The molecule has 0 saturated carbocycles. The summed E-state index contributed by atoms with van der Waals surface area (Å²) in [5.41, 5.74) is 1.05. The maximum Gasteiger partial charge on any atom is 0.243 e. The van der Waals surface area contributed by atoms with Crippen molar-refractivity contribution in [3.8, 4) is 0 Å². The Labute approximate surface area is 111 Å². The van der Waals surface area contributed by atoms with Crippen LogP contribution >= 0.6 is 0 Å². The summed E-state index contributed by atoms with van der Waals surface area (Å²) in [6.45, 7) is 4.87. The molecule has 2 aromatic heterocycles. The molecule has 2 aromatic rings. The van der Waals surface area contributed by atoms with Gasteiger partial charge in [-0.25, -0.2) is 4.52 Å². The van der Waals surface area contributed by atoms with Gasteiger partial charge in [0.25, 0.3) is 0 Å². The molecule has 3 heterocycles. The first-order valence-corrected chi connectivity index (χ1v) is 6.48. The molecule has 102 valence electrons. The van der Waals surface area contributed by atoms with Gasteiger partial charge in [0.15, 0.2) is 5.65 Å². The van der Waals surface area contributed by atoms with E-state index < -0.39 is 5.60 Å². The maximum absolute atomic E-state index is 10.4. The van der Waals surface area contributed by atoms with Gasteiger partial charge < -0.3 is 15.2 Å². The van der Waals surface area contributed by atoms with Crippen molar-refractivity contribution < 1.29 is 9.84 Å². The van der Waals surface area contributed by atoms with Crippen molar-refractivity contribution in [2.75, 3.05) is 18.5 Å². The van der Waals surface area contributed by atoms with Crippen LogP contribution in [-0.2, 0) is 4.74 Å². The fourth-order valence-electron chi connectivity index (χ4n) is 2.35. The molecule has 3 rings (SSSR count). The summed E-state index contributed by atoms with van der Waals surface area (Å²) < 4.78 is 7.13. The van der Waals surface area contributed by atoms with Crippen LogP contribution in [0.4, 0.5) is 5.95 Å². The number of pyridine rings is 1. The van der Waals surface area contributed by atoms with E-state index >= 15 is 0 Å². The predicted molar refractivity (Wildman–Crippen MR) is 71.2 cm³/mol. The minimum absolute atomic E-state index is 0.168. The van der Waals surface area contributed by atoms with Gasteiger partial charge in [0.2, 0.25) is 5.95 Å². The third kappa shape index (κ3) is 2.17. The Balaban J connectivity index is 1.77. The van der Waals surface area contributed by atoms with E-state index in [1.807, 2.05) is 32.2 Å². The molecule has 6 nitrogen and oxygen atoms in total. The first kappa shape index (κ1) is 12.4. The van der Waals surface area contributed by atoms with E-state index in [0.717, 1.165) is 11.2 Å². The van der Waals surface area contributed by atoms with Crippen LogP contribution in [0.1, 0.15) is 18.9 Å². The molecule has 0 spiro atoms. The van der Waals surface area contributed by atoms with E-state index in [1.54, 1.807) is 4.52 Å². The summed E-state index contributed by atoms with van der Waals surface area (Å²) in [5, 5.41) is 17.8. The summed E-state index contributed by atoms with van der Waals surface area (Å²) in [7, 11) is 0. The minimum atomic E-state index is -0.841. The van der Waals surface area contributed by atoms with Crippen LogP contribution in [0.15, 0.2) is 18.3 Å². The Morgan fingerprint density at radius 1 is 1.63 bits per heavy atom. The van der Waals surface area contributed by atoms with E-state index in [4.69, 9.17) is 4.74 Å². The predicted octanol–water partition coefficient (Wildman–Crippen LogP) is 0.990. The van der Waals surface area contributed by atoms with Crippen molar-refractivity contribution >= 4 is 11.6 Å². The van der Waals surface area contributed by atoms with Gasteiger partial charge in [-0.2, -0.15) is 4.98 Å². The van der Waals surface area contributed by atoms with Crippen molar-refractivity contribution in [2.45, 2.75) is 32.0 Å². The van der Waals surface area contributed by atoms with Gasteiger partial charge in [-0.05, 0) is 25.5 Å². The number of nitrogens with zero attached hydrogens (tertiary/aromatic N) is 3. The van der Waals surface area contributed by atoms with Crippen LogP contribution in [-0.4, -0.2) is 44.6 Å². The molecule has 2 N–H and O–H groups in total. The lowest BCUT2D eigenvalue weighted by atomic mass is 9.97. The third-order valence-corrected chi connectivity index (χ3v) is 3.77. The zero-order valence-corrected chi connectivity index (χ0v) is 11.1. The summed E-state index contributed by atoms with van der Waals surface area (Å²) in [6.07, 6.45) is 2.32. The SMILES string of the molecule is Cc1cccn2nc(NCC3(O)CCOC3C)nc12. The van der Waals surface area contributed by atoms with Gasteiger partial charge in [0.05, 0.1) is 6.10 Å². The summed E-state index contributed by atoms with van der Waals surface area (Å²) in [5.74, 6) is 0.529. The number of aromatic nitrogens is 3. The van der Waals surface area contributed by atoms with Gasteiger partial charge in [-0.15, -0.1) is 5.10 Å². The Hall–Kier alpha value is -1.66. The number of ether oxygens (including phenoxy) is 1. The number of hydrogen-bond acceptors (Lipinski definition) is 5. The highest BCUT2D eigenvalue weighted by atomic mass is 16.5. The normalized spacial score (nSPS) is 27.0. The highest BCUT2D eigenvalue weighted by Gasteiger charge is 2.39. The fraction of sp³-hybridized carbons (Fsp3) is 0.538. The molecule has 1 aliphatic rings. The number of hydrogen-bond donors (Lipinski definition) is 2. The molecular weight excluding hydrogens is 244 g/mol. The second-order valence-electron chi connectivity index (χ2n) is 5.11. The van der Waals surface area contributed by atoms with E-state index in [1.165, 1.54) is 0 Å². The van der Waals surface area contributed by atoms with Crippen molar-refractivity contribution in [3.63, 3.8) is 0 Å². The number of rotatable bonds is 3.